The lowest BCUT2D eigenvalue weighted by Crippen LogP contribution is -2.36. The van der Waals surface area contributed by atoms with Crippen LogP contribution in [0.15, 0.2) is 0 Å². The molecular weight excluding hydrogens is 359 g/mol. The van der Waals surface area contributed by atoms with E-state index in [0.29, 0.717) is 6.42 Å². The summed E-state index contributed by atoms with van der Waals surface area (Å²) in [7, 11) is 0. The monoisotopic (exact) mass is 385 g/mol. The number of nitrogens with two attached hydrogens (primary N) is 1. The molecule has 0 bridgehead atoms. The van der Waals surface area contributed by atoms with E-state index in [-0.39, 0.29) is 18.9 Å². The molecule has 0 radical (unpaired) electrons. The van der Waals surface area contributed by atoms with Crippen molar-refractivity contribution in [3.63, 3.8) is 0 Å². The number of rotatable bonds is 13. The smallest absolute Gasteiger partial charge is 0.328 e. The standard InChI is InChI=1S/C15H26F7NS/c1-2-3-4-5-6-7-9-12(23)10-8-11-13(16,17)24-15(21,22)14(18,19)20/h12H,2-11,23H2,1H3. The molecule has 9 heteroatoms. The average Bonchev–Trinajstić information content (AvgIpc) is 2.40. The van der Waals surface area contributed by atoms with E-state index in [0.717, 1.165) is 32.1 Å². The van der Waals surface area contributed by atoms with Crippen molar-refractivity contribution in [2.45, 2.75) is 93.9 Å². The Morgan fingerprint density at radius 2 is 1.29 bits per heavy atom. The van der Waals surface area contributed by atoms with Gasteiger partial charge in [-0.2, -0.15) is 30.7 Å². The van der Waals surface area contributed by atoms with Crippen molar-refractivity contribution in [2.24, 2.45) is 5.73 Å². The maximum absolute atomic E-state index is 13.3. The maximum atomic E-state index is 13.3. The lowest BCUT2D eigenvalue weighted by molar-refractivity contribution is -0.239. The van der Waals surface area contributed by atoms with Gasteiger partial charge in [-0.25, -0.2) is 0 Å². The minimum absolute atomic E-state index is 0.183. The van der Waals surface area contributed by atoms with Crippen LogP contribution < -0.4 is 5.73 Å². The predicted molar refractivity (Wildman–Crippen MR) is 83.4 cm³/mol. The van der Waals surface area contributed by atoms with Crippen LogP contribution in [-0.2, 0) is 0 Å². The lowest BCUT2D eigenvalue weighted by atomic mass is 10.0. The van der Waals surface area contributed by atoms with Crippen molar-refractivity contribution >= 4 is 11.8 Å². The van der Waals surface area contributed by atoms with Crippen LogP contribution in [0.4, 0.5) is 30.7 Å². The number of hydrogen-bond donors (Lipinski definition) is 1. The number of hydrogen-bond acceptors (Lipinski definition) is 2. The average molecular weight is 385 g/mol. The molecule has 0 aliphatic carbocycles. The summed E-state index contributed by atoms with van der Waals surface area (Å²) in [5, 5.41) is -9.60. The highest BCUT2D eigenvalue weighted by Gasteiger charge is 2.62. The summed E-state index contributed by atoms with van der Waals surface area (Å²) in [6.07, 6.45) is -0.00936. The van der Waals surface area contributed by atoms with E-state index < -0.39 is 34.9 Å². The fourth-order valence-electron chi connectivity index (χ4n) is 2.20. The van der Waals surface area contributed by atoms with Gasteiger partial charge in [0.05, 0.1) is 0 Å². The van der Waals surface area contributed by atoms with Crippen LogP contribution >= 0.6 is 11.8 Å². The van der Waals surface area contributed by atoms with E-state index in [1.807, 2.05) is 0 Å². The Bertz CT molecular complexity index is 334. The van der Waals surface area contributed by atoms with Crippen molar-refractivity contribution < 1.29 is 30.7 Å². The van der Waals surface area contributed by atoms with Gasteiger partial charge in [-0.05, 0) is 31.0 Å². The first-order valence-corrected chi connectivity index (χ1v) is 9.01. The summed E-state index contributed by atoms with van der Waals surface area (Å²) >= 11 is -1.64. The molecule has 0 aromatic rings. The van der Waals surface area contributed by atoms with Crippen molar-refractivity contribution in [3.8, 4) is 0 Å². The molecule has 1 unspecified atom stereocenters. The van der Waals surface area contributed by atoms with Crippen LogP contribution in [0.3, 0.4) is 0 Å². The predicted octanol–water partition coefficient (Wildman–Crippen LogP) is 6.72. The summed E-state index contributed by atoms with van der Waals surface area (Å²) in [5.41, 5.74) is 5.76. The molecular formula is C15H26F7NS. The van der Waals surface area contributed by atoms with Crippen molar-refractivity contribution in [3.05, 3.63) is 0 Å². The molecule has 24 heavy (non-hydrogen) atoms. The van der Waals surface area contributed by atoms with Crippen LogP contribution in [0.2, 0.25) is 0 Å². The highest BCUT2D eigenvalue weighted by molar-refractivity contribution is 8.01. The maximum Gasteiger partial charge on any atom is 0.464 e. The van der Waals surface area contributed by atoms with Gasteiger partial charge in [-0.1, -0.05) is 45.4 Å². The number of alkyl halides is 7. The normalized spacial score (nSPS) is 14.9. The van der Waals surface area contributed by atoms with Gasteiger partial charge in [0, 0.05) is 12.5 Å². The number of halogens is 7. The van der Waals surface area contributed by atoms with Gasteiger partial charge in [-0.3, -0.25) is 0 Å². The Hall–Kier alpha value is -0.180. The second-order valence-corrected chi connectivity index (χ2v) is 7.28. The molecule has 0 saturated carbocycles. The first kappa shape index (κ1) is 23.8. The first-order chi connectivity index (χ1) is 10.9. The van der Waals surface area contributed by atoms with Gasteiger partial charge >= 0.3 is 11.4 Å². The zero-order valence-electron chi connectivity index (χ0n) is 13.8. The van der Waals surface area contributed by atoms with Crippen molar-refractivity contribution in [2.75, 3.05) is 0 Å². The van der Waals surface area contributed by atoms with Crippen molar-refractivity contribution in [1.82, 2.24) is 0 Å². The minimum Gasteiger partial charge on any atom is -0.328 e. The van der Waals surface area contributed by atoms with Gasteiger partial charge in [0.15, 0.2) is 0 Å². The van der Waals surface area contributed by atoms with Gasteiger partial charge in [0.1, 0.15) is 0 Å². The summed E-state index contributed by atoms with van der Waals surface area (Å²) < 4.78 is 87.6. The quantitative estimate of drug-likeness (QED) is 0.281. The van der Waals surface area contributed by atoms with E-state index in [4.69, 9.17) is 5.73 Å². The van der Waals surface area contributed by atoms with Gasteiger partial charge in [-0.15, -0.1) is 0 Å². The highest BCUT2D eigenvalue weighted by atomic mass is 32.2. The van der Waals surface area contributed by atoms with Gasteiger partial charge in [0.25, 0.3) is 5.25 Å². The molecule has 2 N–H and O–H groups in total. The SMILES string of the molecule is CCCCCCCCC(N)CCCC(F)(F)SC(F)(F)C(F)(F)F. The molecule has 0 spiro atoms. The van der Waals surface area contributed by atoms with Crippen LogP contribution in [0.5, 0.6) is 0 Å². The molecule has 1 atom stereocenters. The Morgan fingerprint density at radius 1 is 0.792 bits per heavy atom. The van der Waals surface area contributed by atoms with Gasteiger partial charge < -0.3 is 5.73 Å². The number of unbranched alkanes of at least 4 members (excludes halogenated alkanes) is 5. The molecule has 0 amide bonds. The fraction of sp³-hybridized carbons (Fsp3) is 1.00. The third-order valence-electron chi connectivity index (χ3n) is 3.58. The zero-order valence-corrected chi connectivity index (χ0v) is 14.6. The van der Waals surface area contributed by atoms with Crippen LogP contribution in [0.25, 0.3) is 0 Å². The Balaban J connectivity index is 3.95. The molecule has 0 aliphatic rings. The molecule has 0 saturated heterocycles. The Morgan fingerprint density at radius 3 is 1.83 bits per heavy atom. The van der Waals surface area contributed by atoms with Crippen LogP contribution in [0, 0.1) is 0 Å². The Labute approximate surface area is 142 Å². The molecule has 0 fully saturated rings. The van der Waals surface area contributed by atoms with E-state index in [1.165, 1.54) is 6.42 Å². The van der Waals surface area contributed by atoms with Crippen molar-refractivity contribution in [1.29, 1.82) is 0 Å². The van der Waals surface area contributed by atoms with Gasteiger partial charge in [0.2, 0.25) is 0 Å². The fourth-order valence-corrected chi connectivity index (χ4v) is 2.93. The zero-order chi connectivity index (χ0) is 18.9. The molecule has 0 aromatic heterocycles. The summed E-state index contributed by atoms with van der Waals surface area (Å²) in [5.74, 6) is 0. The lowest BCUT2D eigenvalue weighted by Gasteiger charge is -2.24. The molecule has 0 heterocycles. The molecule has 0 rings (SSSR count). The topological polar surface area (TPSA) is 26.0 Å². The molecule has 1 nitrogen and oxygen atoms in total. The second-order valence-electron chi connectivity index (χ2n) is 5.96. The molecule has 0 aromatic carbocycles. The number of thioether (sulfide) groups is 1. The second kappa shape index (κ2) is 10.7. The first-order valence-electron chi connectivity index (χ1n) is 8.19. The van der Waals surface area contributed by atoms with E-state index in [9.17, 15) is 30.7 Å². The third-order valence-corrected chi connectivity index (χ3v) is 4.57. The van der Waals surface area contributed by atoms with Crippen LogP contribution in [-0.4, -0.2) is 22.7 Å². The van der Waals surface area contributed by atoms with E-state index in [1.54, 1.807) is 0 Å². The summed E-state index contributed by atoms with van der Waals surface area (Å²) in [4.78, 5) is 0. The van der Waals surface area contributed by atoms with Crippen LogP contribution in [0.1, 0.15) is 71.1 Å². The molecule has 146 valence electrons. The summed E-state index contributed by atoms with van der Waals surface area (Å²) in [6, 6.07) is -0.333. The minimum atomic E-state index is -5.99. The highest BCUT2D eigenvalue weighted by Crippen LogP contribution is 2.52. The molecule has 0 aliphatic heterocycles. The third kappa shape index (κ3) is 10.6. The van der Waals surface area contributed by atoms with E-state index in [2.05, 4.69) is 6.92 Å². The largest absolute Gasteiger partial charge is 0.464 e. The van der Waals surface area contributed by atoms with E-state index >= 15 is 0 Å². The Kier molecular flexibility index (Phi) is 10.7. The summed E-state index contributed by atoms with van der Waals surface area (Å²) in [6.45, 7) is 2.11.